The zero-order chi connectivity index (χ0) is 21.8. The molecule has 1 N–H and O–H groups in total. The molecule has 4 heteroatoms. The minimum Gasteiger partial charge on any atom is -0.489 e. The molecule has 0 heterocycles. The summed E-state index contributed by atoms with van der Waals surface area (Å²) < 4.78 is 12.5. The van der Waals surface area contributed by atoms with E-state index < -0.39 is 14.4 Å². The molecule has 1 unspecified atom stereocenters. The van der Waals surface area contributed by atoms with Crippen molar-refractivity contribution in [3.8, 4) is 5.75 Å². The minimum atomic E-state index is -1.88. The molecule has 0 radical (unpaired) electrons. The average Bonchev–Trinajstić information content (AvgIpc) is 2.71. The summed E-state index contributed by atoms with van der Waals surface area (Å²) in [6, 6.07) is 14.6. The molecule has 1 aliphatic rings. The van der Waals surface area contributed by atoms with E-state index in [4.69, 9.17) is 9.16 Å². The van der Waals surface area contributed by atoms with Crippen molar-refractivity contribution in [3.63, 3.8) is 0 Å². The van der Waals surface area contributed by atoms with E-state index in [1.165, 1.54) is 29.5 Å². The topological polar surface area (TPSA) is 38.7 Å². The molecule has 2 aromatic carbocycles. The normalized spacial score (nSPS) is 15.5. The number of benzene rings is 2. The third-order valence-electron chi connectivity index (χ3n) is 6.73. The smallest absolute Gasteiger partial charge is 0.192 e. The highest BCUT2D eigenvalue weighted by atomic mass is 28.4. The molecule has 0 saturated carbocycles. The lowest BCUT2D eigenvalue weighted by atomic mass is 9.86. The predicted octanol–water partition coefficient (Wildman–Crippen LogP) is 6.07. The van der Waals surface area contributed by atoms with Gasteiger partial charge in [0.05, 0.1) is 12.7 Å². The monoisotopic (exact) mass is 426 g/mol. The Balaban J connectivity index is 1.75. The van der Waals surface area contributed by atoms with Crippen LogP contribution >= 0.6 is 0 Å². The molecule has 0 saturated heterocycles. The van der Waals surface area contributed by atoms with Crippen LogP contribution in [0.1, 0.15) is 55.9 Å². The molecule has 1 aliphatic carbocycles. The van der Waals surface area contributed by atoms with Crippen LogP contribution in [0.15, 0.2) is 42.5 Å². The molecule has 164 valence electrons. The number of ether oxygens (including phenoxy) is 1. The van der Waals surface area contributed by atoms with Gasteiger partial charge >= 0.3 is 0 Å². The molecule has 1 atom stereocenters. The Morgan fingerprint density at radius 3 is 2.40 bits per heavy atom. The third kappa shape index (κ3) is 5.74. The van der Waals surface area contributed by atoms with Crippen molar-refractivity contribution in [1.29, 1.82) is 0 Å². The number of aliphatic hydroxyl groups excluding tert-OH is 1. The maximum atomic E-state index is 10.9. The van der Waals surface area contributed by atoms with E-state index in [0.717, 1.165) is 24.2 Å². The minimum absolute atomic E-state index is 0.141. The van der Waals surface area contributed by atoms with Crippen LogP contribution in [0.3, 0.4) is 0 Å². The van der Waals surface area contributed by atoms with Crippen molar-refractivity contribution >= 4 is 8.32 Å². The summed E-state index contributed by atoms with van der Waals surface area (Å²) in [4.78, 5) is 0. The van der Waals surface area contributed by atoms with E-state index in [-0.39, 0.29) is 5.04 Å². The number of aryl methyl sites for hydroxylation is 1. The first-order valence-corrected chi connectivity index (χ1v) is 14.2. The zero-order valence-corrected chi connectivity index (χ0v) is 20.3. The first kappa shape index (κ1) is 23.0. The molecular formula is C26H38O3Si. The molecule has 0 spiro atoms. The summed E-state index contributed by atoms with van der Waals surface area (Å²) in [6.45, 7) is 12.1. The highest BCUT2D eigenvalue weighted by molar-refractivity contribution is 6.74. The first-order chi connectivity index (χ1) is 14.2. The van der Waals surface area contributed by atoms with Crippen LogP contribution in [-0.4, -0.2) is 26.1 Å². The van der Waals surface area contributed by atoms with Gasteiger partial charge < -0.3 is 14.3 Å². The van der Waals surface area contributed by atoms with Crippen molar-refractivity contribution in [2.24, 2.45) is 0 Å². The van der Waals surface area contributed by atoms with Gasteiger partial charge in [0.1, 0.15) is 12.4 Å². The standard InChI is InChI=1S/C26H38O3Si/c1-26(2,3)30(4,5)29-19-22(27)17-24-23-14-10-9-13-21(23)15-16-25(24)28-18-20-11-7-6-8-12-20/h6-8,11-12,15-16,22,27H,9-10,13-14,17-19H2,1-5H3. The Labute approximate surface area is 183 Å². The lowest BCUT2D eigenvalue weighted by Gasteiger charge is -2.36. The van der Waals surface area contributed by atoms with Crippen LogP contribution in [0.2, 0.25) is 18.1 Å². The van der Waals surface area contributed by atoms with Gasteiger partial charge in [0.2, 0.25) is 0 Å². The largest absolute Gasteiger partial charge is 0.489 e. The fraction of sp³-hybridized carbons (Fsp3) is 0.538. The fourth-order valence-electron chi connectivity index (χ4n) is 3.79. The highest BCUT2D eigenvalue weighted by Gasteiger charge is 2.37. The van der Waals surface area contributed by atoms with E-state index in [2.05, 4.69) is 58.1 Å². The van der Waals surface area contributed by atoms with Gasteiger partial charge in [0.15, 0.2) is 8.32 Å². The van der Waals surface area contributed by atoms with Gasteiger partial charge in [0, 0.05) is 12.0 Å². The summed E-state index contributed by atoms with van der Waals surface area (Å²) in [5.74, 6) is 0.908. The number of rotatable bonds is 8. The Kier molecular flexibility index (Phi) is 7.43. The average molecular weight is 427 g/mol. The quantitative estimate of drug-likeness (QED) is 0.521. The lowest BCUT2D eigenvalue weighted by Crippen LogP contribution is -2.43. The van der Waals surface area contributed by atoms with Gasteiger partial charge in [-0.3, -0.25) is 0 Å². The second kappa shape index (κ2) is 9.67. The number of aliphatic hydroxyl groups is 1. The Morgan fingerprint density at radius 2 is 1.70 bits per heavy atom. The van der Waals surface area contributed by atoms with Crippen molar-refractivity contribution in [3.05, 3.63) is 64.7 Å². The van der Waals surface area contributed by atoms with Crippen molar-refractivity contribution in [2.45, 2.75) is 83.7 Å². The zero-order valence-electron chi connectivity index (χ0n) is 19.3. The second-order valence-corrected chi connectivity index (χ2v) is 14.9. The number of hydrogen-bond donors (Lipinski definition) is 1. The maximum absolute atomic E-state index is 10.9. The molecule has 0 aliphatic heterocycles. The van der Waals surface area contributed by atoms with Gasteiger partial charge in [-0.25, -0.2) is 0 Å². The predicted molar refractivity (Wildman–Crippen MR) is 127 cm³/mol. The molecule has 30 heavy (non-hydrogen) atoms. The van der Waals surface area contributed by atoms with Crippen LogP contribution in [0.5, 0.6) is 5.75 Å². The fourth-order valence-corrected chi connectivity index (χ4v) is 4.83. The van der Waals surface area contributed by atoms with Crippen molar-refractivity contribution in [1.82, 2.24) is 0 Å². The van der Waals surface area contributed by atoms with E-state index in [9.17, 15) is 5.11 Å². The first-order valence-electron chi connectivity index (χ1n) is 11.3. The van der Waals surface area contributed by atoms with Gasteiger partial charge in [0.25, 0.3) is 0 Å². The third-order valence-corrected chi connectivity index (χ3v) is 11.2. The molecule has 2 aromatic rings. The highest BCUT2D eigenvalue weighted by Crippen LogP contribution is 2.37. The summed E-state index contributed by atoms with van der Waals surface area (Å²) in [6.07, 6.45) is 4.71. The van der Waals surface area contributed by atoms with Gasteiger partial charge in [-0.2, -0.15) is 0 Å². The summed E-state index contributed by atoms with van der Waals surface area (Å²) >= 11 is 0. The molecule has 0 aromatic heterocycles. The maximum Gasteiger partial charge on any atom is 0.192 e. The molecular weight excluding hydrogens is 388 g/mol. The van der Waals surface area contributed by atoms with E-state index in [1.807, 2.05) is 18.2 Å². The van der Waals surface area contributed by atoms with Gasteiger partial charge in [-0.1, -0.05) is 57.2 Å². The molecule has 3 rings (SSSR count). The van der Waals surface area contributed by atoms with Crippen LogP contribution < -0.4 is 4.74 Å². The Morgan fingerprint density at radius 1 is 1.00 bits per heavy atom. The molecule has 0 amide bonds. The Hall–Kier alpha value is -1.62. The van der Waals surface area contributed by atoms with Crippen LogP contribution in [0.25, 0.3) is 0 Å². The Bertz CT molecular complexity index is 824. The molecule has 0 fully saturated rings. The van der Waals surface area contributed by atoms with E-state index in [0.29, 0.717) is 19.6 Å². The van der Waals surface area contributed by atoms with E-state index >= 15 is 0 Å². The van der Waals surface area contributed by atoms with Crippen molar-refractivity contribution < 1.29 is 14.3 Å². The number of hydrogen-bond acceptors (Lipinski definition) is 3. The SMILES string of the molecule is CC(C)(C)[Si](C)(C)OCC(O)Cc1c(OCc2ccccc2)ccc2c1CCCC2. The van der Waals surface area contributed by atoms with Crippen LogP contribution in [0.4, 0.5) is 0 Å². The second-order valence-electron chi connectivity index (χ2n) is 10.1. The van der Waals surface area contributed by atoms with Crippen molar-refractivity contribution in [2.75, 3.05) is 6.61 Å². The summed E-state index contributed by atoms with van der Waals surface area (Å²) in [7, 11) is -1.88. The van der Waals surface area contributed by atoms with Gasteiger partial charge in [-0.15, -0.1) is 0 Å². The van der Waals surface area contributed by atoms with Gasteiger partial charge in [-0.05, 0) is 66.6 Å². The molecule has 0 bridgehead atoms. The van der Waals surface area contributed by atoms with E-state index in [1.54, 1.807) is 0 Å². The lowest BCUT2D eigenvalue weighted by molar-refractivity contribution is 0.0990. The summed E-state index contributed by atoms with van der Waals surface area (Å²) in [5, 5.41) is 11.0. The summed E-state index contributed by atoms with van der Waals surface area (Å²) in [5.41, 5.74) is 5.14. The number of fused-ring (bicyclic) bond motifs is 1. The van der Waals surface area contributed by atoms with Crippen LogP contribution in [-0.2, 0) is 30.3 Å². The van der Waals surface area contributed by atoms with Crippen LogP contribution in [0, 0.1) is 0 Å². The molecule has 3 nitrogen and oxygen atoms in total.